The van der Waals surface area contributed by atoms with E-state index in [4.69, 9.17) is 10.5 Å². The van der Waals surface area contributed by atoms with E-state index in [2.05, 4.69) is 6.92 Å². The van der Waals surface area contributed by atoms with Crippen LogP contribution in [-0.4, -0.2) is 12.5 Å². The van der Waals surface area contributed by atoms with Crippen molar-refractivity contribution in [1.29, 1.82) is 0 Å². The van der Waals surface area contributed by atoms with Gasteiger partial charge in [-0.3, -0.25) is 4.79 Å². The third-order valence-electron chi connectivity index (χ3n) is 1.79. The Hall–Kier alpha value is -1.77. The van der Waals surface area contributed by atoms with Gasteiger partial charge in [-0.2, -0.15) is 0 Å². The van der Waals surface area contributed by atoms with Gasteiger partial charge in [0.2, 0.25) is 5.91 Å². The van der Waals surface area contributed by atoms with Gasteiger partial charge >= 0.3 is 0 Å². The van der Waals surface area contributed by atoms with E-state index in [0.717, 1.165) is 24.3 Å². The minimum absolute atomic E-state index is 0.443. The maximum absolute atomic E-state index is 10.5. The molecule has 0 aliphatic heterocycles. The van der Waals surface area contributed by atoms with Gasteiger partial charge in [-0.05, 0) is 30.2 Å². The van der Waals surface area contributed by atoms with Crippen molar-refractivity contribution in [3.63, 3.8) is 0 Å². The molecule has 0 bridgehead atoms. The first-order valence-corrected chi connectivity index (χ1v) is 4.92. The van der Waals surface area contributed by atoms with Crippen LogP contribution in [0.4, 0.5) is 0 Å². The lowest BCUT2D eigenvalue weighted by molar-refractivity contribution is -0.113. The van der Waals surface area contributed by atoms with Crippen molar-refractivity contribution < 1.29 is 9.53 Å². The number of hydrogen-bond acceptors (Lipinski definition) is 2. The number of amides is 1. The summed E-state index contributed by atoms with van der Waals surface area (Å²) >= 11 is 0. The molecule has 0 unspecified atom stereocenters. The summed E-state index contributed by atoms with van der Waals surface area (Å²) in [7, 11) is 0. The summed E-state index contributed by atoms with van der Waals surface area (Å²) in [5.74, 6) is 0.398. The van der Waals surface area contributed by atoms with Crippen molar-refractivity contribution in [2.45, 2.75) is 13.3 Å². The molecule has 2 N–H and O–H groups in total. The zero-order valence-corrected chi connectivity index (χ0v) is 8.77. The van der Waals surface area contributed by atoms with Gasteiger partial charge < -0.3 is 10.5 Å². The van der Waals surface area contributed by atoms with Crippen LogP contribution in [0.15, 0.2) is 30.3 Å². The van der Waals surface area contributed by atoms with Gasteiger partial charge in [-0.1, -0.05) is 19.1 Å². The smallest absolute Gasteiger partial charge is 0.241 e. The van der Waals surface area contributed by atoms with Crippen molar-refractivity contribution in [3.05, 3.63) is 35.9 Å². The highest BCUT2D eigenvalue weighted by Gasteiger charge is 1.92. The lowest BCUT2D eigenvalue weighted by Crippen LogP contribution is -2.05. The Labute approximate surface area is 89.5 Å². The van der Waals surface area contributed by atoms with E-state index in [-0.39, 0.29) is 0 Å². The fraction of sp³-hybridized carbons (Fsp3) is 0.250. The van der Waals surface area contributed by atoms with Crippen molar-refractivity contribution in [2.24, 2.45) is 5.73 Å². The Morgan fingerprint density at radius 3 is 2.60 bits per heavy atom. The second-order valence-corrected chi connectivity index (χ2v) is 3.15. The lowest BCUT2D eigenvalue weighted by atomic mass is 10.2. The summed E-state index contributed by atoms with van der Waals surface area (Å²) in [5.41, 5.74) is 5.91. The van der Waals surface area contributed by atoms with Crippen molar-refractivity contribution in [2.75, 3.05) is 6.61 Å². The molecule has 0 heterocycles. The van der Waals surface area contributed by atoms with Gasteiger partial charge in [-0.25, -0.2) is 0 Å². The second-order valence-electron chi connectivity index (χ2n) is 3.15. The zero-order chi connectivity index (χ0) is 11.1. The fourth-order valence-corrected chi connectivity index (χ4v) is 1.07. The topological polar surface area (TPSA) is 52.3 Å². The number of benzene rings is 1. The van der Waals surface area contributed by atoms with E-state index >= 15 is 0 Å². The molecule has 3 nitrogen and oxygen atoms in total. The second kappa shape index (κ2) is 5.86. The molecule has 0 fully saturated rings. The molecule has 0 aliphatic rings. The third-order valence-corrected chi connectivity index (χ3v) is 1.79. The summed E-state index contributed by atoms with van der Waals surface area (Å²) in [4.78, 5) is 10.5. The lowest BCUT2D eigenvalue weighted by Gasteiger charge is -2.03. The third kappa shape index (κ3) is 4.31. The van der Waals surface area contributed by atoms with Crippen LogP contribution in [0.5, 0.6) is 5.75 Å². The number of hydrogen-bond donors (Lipinski definition) is 1. The summed E-state index contributed by atoms with van der Waals surface area (Å²) in [6, 6.07) is 7.50. The van der Waals surface area contributed by atoms with Crippen molar-refractivity contribution in [3.8, 4) is 5.75 Å². The van der Waals surface area contributed by atoms with Gasteiger partial charge in [0.05, 0.1) is 6.61 Å². The normalized spacial score (nSPS) is 10.5. The average Bonchev–Trinajstić information content (AvgIpc) is 2.25. The molecule has 0 atom stereocenters. The SMILES string of the molecule is CCCOc1ccc(/C=C\C(N)=O)cc1. The highest BCUT2D eigenvalue weighted by atomic mass is 16.5. The monoisotopic (exact) mass is 205 g/mol. The van der Waals surface area contributed by atoms with E-state index in [0.29, 0.717) is 0 Å². The highest BCUT2D eigenvalue weighted by Crippen LogP contribution is 2.13. The van der Waals surface area contributed by atoms with Gasteiger partial charge in [-0.15, -0.1) is 0 Å². The molecule has 1 amide bonds. The summed E-state index contributed by atoms with van der Waals surface area (Å²) < 4.78 is 5.42. The molecule has 80 valence electrons. The van der Waals surface area contributed by atoms with E-state index < -0.39 is 5.91 Å². The van der Waals surface area contributed by atoms with Gasteiger partial charge in [0, 0.05) is 6.08 Å². The van der Waals surface area contributed by atoms with Crippen molar-refractivity contribution in [1.82, 2.24) is 0 Å². The molecule has 0 saturated heterocycles. The van der Waals surface area contributed by atoms with E-state index in [1.54, 1.807) is 6.08 Å². The maximum Gasteiger partial charge on any atom is 0.241 e. The molecule has 0 aliphatic carbocycles. The minimum atomic E-state index is -0.443. The van der Waals surface area contributed by atoms with Crippen LogP contribution in [0.3, 0.4) is 0 Å². The largest absolute Gasteiger partial charge is 0.494 e. The van der Waals surface area contributed by atoms with Crippen LogP contribution in [0.2, 0.25) is 0 Å². The Bertz CT molecular complexity index is 341. The predicted molar refractivity (Wildman–Crippen MR) is 60.5 cm³/mol. The fourth-order valence-electron chi connectivity index (χ4n) is 1.07. The Balaban J connectivity index is 2.60. The molecule has 0 aromatic heterocycles. The molecule has 1 aromatic rings. The Morgan fingerprint density at radius 2 is 2.07 bits per heavy atom. The highest BCUT2D eigenvalue weighted by molar-refractivity contribution is 5.90. The van der Waals surface area contributed by atoms with Crippen LogP contribution >= 0.6 is 0 Å². The first-order chi connectivity index (χ1) is 7.22. The molecule has 3 heteroatoms. The van der Waals surface area contributed by atoms with E-state index in [1.807, 2.05) is 24.3 Å². The van der Waals surface area contributed by atoms with Crippen LogP contribution < -0.4 is 10.5 Å². The number of carbonyl (C=O) groups is 1. The first kappa shape index (κ1) is 11.3. The van der Waals surface area contributed by atoms with E-state index in [1.165, 1.54) is 6.08 Å². The number of ether oxygens (including phenoxy) is 1. The molecular formula is C12H15NO2. The zero-order valence-electron chi connectivity index (χ0n) is 8.77. The Morgan fingerprint density at radius 1 is 1.40 bits per heavy atom. The molecule has 1 aromatic carbocycles. The molecule has 0 spiro atoms. The summed E-state index contributed by atoms with van der Waals surface area (Å²) in [6.07, 6.45) is 4.00. The van der Waals surface area contributed by atoms with Crippen molar-refractivity contribution >= 4 is 12.0 Å². The molecule has 15 heavy (non-hydrogen) atoms. The molecule has 1 rings (SSSR count). The van der Waals surface area contributed by atoms with Crippen LogP contribution in [0.1, 0.15) is 18.9 Å². The van der Waals surface area contributed by atoms with Gasteiger partial charge in [0.1, 0.15) is 5.75 Å². The van der Waals surface area contributed by atoms with Crippen LogP contribution in [0, 0.1) is 0 Å². The predicted octanol–water partition coefficient (Wildman–Crippen LogP) is 1.97. The molecular weight excluding hydrogens is 190 g/mol. The standard InChI is InChI=1S/C12H15NO2/c1-2-9-15-11-6-3-10(4-7-11)5-8-12(13)14/h3-8H,2,9H2,1H3,(H2,13,14)/b8-5-. The number of primary amides is 1. The Kier molecular flexibility index (Phi) is 4.41. The molecule has 0 saturated carbocycles. The quantitative estimate of drug-likeness (QED) is 0.747. The van der Waals surface area contributed by atoms with Crippen LogP contribution in [0.25, 0.3) is 6.08 Å². The van der Waals surface area contributed by atoms with Gasteiger partial charge in [0.25, 0.3) is 0 Å². The number of nitrogens with two attached hydrogens (primary N) is 1. The number of rotatable bonds is 5. The minimum Gasteiger partial charge on any atom is -0.494 e. The number of carbonyl (C=O) groups excluding carboxylic acids is 1. The maximum atomic E-state index is 10.5. The summed E-state index contributed by atoms with van der Waals surface area (Å²) in [5, 5.41) is 0. The average molecular weight is 205 g/mol. The summed E-state index contributed by atoms with van der Waals surface area (Å²) in [6.45, 7) is 2.78. The van der Waals surface area contributed by atoms with E-state index in [9.17, 15) is 4.79 Å². The van der Waals surface area contributed by atoms with Gasteiger partial charge in [0.15, 0.2) is 0 Å². The molecule has 0 radical (unpaired) electrons. The first-order valence-electron chi connectivity index (χ1n) is 4.92. The van der Waals surface area contributed by atoms with Crippen LogP contribution in [-0.2, 0) is 4.79 Å².